The fourth-order valence-corrected chi connectivity index (χ4v) is 2.86. The molecule has 0 spiro atoms. The van der Waals surface area contributed by atoms with Crippen LogP contribution in [0.25, 0.3) is 0 Å². The summed E-state index contributed by atoms with van der Waals surface area (Å²) in [7, 11) is 0. The molecule has 110 valence electrons. The van der Waals surface area contributed by atoms with Crippen molar-refractivity contribution in [2.45, 2.75) is 57.3 Å². The van der Waals surface area contributed by atoms with E-state index in [1.165, 1.54) is 31.2 Å². The Morgan fingerprint density at radius 1 is 1.35 bits per heavy atom. The van der Waals surface area contributed by atoms with E-state index in [2.05, 4.69) is 36.5 Å². The molecule has 2 unspecified atom stereocenters. The lowest BCUT2D eigenvalue weighted by atomic mass is 9.99. The van der Waals surface area contributed by atoms with Crippen molar-refractivity contribution in [1.82, 2.24) is 5.32 Å². The number of benzene rings is 1. The zero-order valence-corrected chi connectivity index (χ0v) is 12.3. The van der Waals surface area contributed by atoms with E-state index in [1.54, 1.807) is 0 Å². The van der Waals surface area contributed by atoms with Crippen molar-refractivity contribution in [1.29, 1.82) is 0 Å². The van der Waals surface area contributed by atoms with Gasteiger partial charge in [0.1, 0.15) is 5.75 Å². The zero-order valence-electron chi connectivity index (χ0n) is 12.3. The van der Waals surface area contributed by atoms with Gasteiger partial charge < -0.3 is 14.8 Å². The standard InChI is InChI=1S/C17H25NO2/c1-2-18-17(12-15-7-4-10-19-15)13-5-3-6-16(11-13)20-14-8-9-14/h3,5-6,11,14-15,17-18H,2,4,7-10,12H2,1H3. The molecule has 1 saturated carbocycles. The van der Waals surface area contributed by atoms with Crippen LogP contribution in [0.4, 0.5) is 0 Å². The topological polar surface area (TPSA) is 30.5 Å². The maximum absolute atomic E-state index is 5.91. The van der Waals surface area contributed by atoms with E-state index in [4.69, 9.17) is 9.47 Å². The lowest BCUT2D eigenvalue weighted by molar-refractivity contribution is 0.0947. The fourth-order valence-electron chi connectivity index (χ4n) is 2.86. The molecule has 1 aliphatic carbocycles. The van der Waals surface area contributed by atoms with Crippen molar-refractivity contribution in [2.75, 3.05) is 13.2 Å². The van der Waals surface area contributed by atoms with E-state index in [0.29, 0.717) is 18.2 Å². The summed E-state index contributed by atoms with van der Waals surface area (Å²) in [4.78, 5) is 0. The van der Waals surface area contributed by atoms with Crippen LogP contribution < -0.4 is 10.1 Å². The molecular formula is C17H25NO2. The molecule has 3 nitrogen and oxygen atoms in total. The summed E-state index contributed by atoms with van der Waals surface area (Å²) >= 11 is 0. The van der Waals surface area contributed by atoms with E-state index >= 15 is 0 Å². The van der Waals surface area contributed by atoms with Crippen LogP contribution >= 0.6 is 0 Å². The molecule has 3 rings (SSSR count). The van der Waals surface area contributed by atoms with Gasteiger partial charge in [-0.25, -0.2) is 0 Å². The van der Waals surface area contributed by atoms with Crippen LogP contribution in [0.3, 0.4) is 0 Å². The van der Waals surface area contributed by atoms with E-state index in [-0.39, 0.29) is 0 Å². The number of rotatable bonds is 7. The summed E-state index contributed by atoms with van der Waals surface area (Å²) in [5.41, 5.74) is 1.32. The van der Waals surface area contributed by atoms with Crippen LogP contribution in [0.2, 0.25) is 0 Å². The summed E-state index contributed by atoms with van der Waals surface area (Å²) in [5.74, 6) is 1.01. The summed E-state index contributed by atoms with van der Waals surface area (Å²) in [6.07, 6.45) is 6.73. The van der Waals surface area contributed by atoms with Crippen LogP contribution in [0.1, 0.15) is 50.6 Å². The van der Waals surface area contributed by atoms with Gasteiger partial charge in [-0.15, -0.1) is 0 Å². The van der Waals surface area contributed by atoms with Gasteiger partial charge in [-0.2, -0.15) is 0 Å². The number of nitrogens with one attached hydrogen (secondary N) is 1. The van der Waals surface area contributed by atoms with Crippen LogP contribution in [-0.4, -0.2) is 25.4 Å². The van der Waals surface area contributed by atoms with Crippen molar-refractivity contribution in [2.24, 2.45) is 0 Å². The van der Waals surface area contributed by atoms with Crippen LogP contribution in [0, 0.1) is 0 Å². The number of hydrogen-bond donors (Lipinski definition) is 1. The minimum atomic E-state index is 0.367. The Balaban J connectivity index is 1.67. The average Bonchev–Trinajstić information content (AvgIpc) is 3.12. The Morgan fingerprint density at radius 3 is 2.95 bits per heavy atom. The van der Waals surface area contributed by atoms with Gasteiger partial charge >= 0.3 is 0 Å². The molecule has 2 atom stereocenters. The highest BCUT2D eigenvalue weighted by Gasteiger charge is 2.25. The van der Waals surface area contributed by atoms with E-state index in [1.807, 2.05) is 0 Å². The normalized spacial score (nSPS) is 23.8. The second-order valence-electron chi connectivity index (χ2n) is 5.87. The van der Waals surface area contributed by atoms with Gasteiger partial charge in [0.05, 0.1) is 12.2 Å². The lowest BCUT2D eigenvalue weighted by Crippen LogP contribution is -2.25. The summed E-state index contributed by atoms with van der Waals surface area (Å²) in [6.45, 7) is 4.06. The first-order chi connectivity index (χ1) is 9.85. The summed E-state index contributed by atoms with van der Waals surface area (Å²) in [6, 6.07) is 8.93. The van der Waals surface area contributed by atoms with Crippen molar-refractivity contribution < 1.29 is 9.47 Å². The molecule has 0 radical (unpaired) electrons. The maximum Gasteiger partial charge on any atom is 0.120 e. The van der Waals surface area contributed by atoms with Gasteiger partial charge in [0.2, 0.25) is 0 Å². The molecule has 1 N–H and O–H groups in total. The molecule has 1 saturated heterocycles. The first-order valence-electron chi connectivity index (χ1n) is 7.96. The van der Waals surface area contributed by atoms with Crippen LogP contribution in [-0.2, 0) is 4.74 Å². The van der Waals surface area contributed by atoms with Crippen molar-refractivity contribution in [3.63, 3.8) is 0 Å². The summed E-state index contributed by atoms with van der Waals surface area (Å²) < 4.78 is 11.7. The summed E-state index contributed by atoms with van der Waals surface area (Å²) in [5, 5.41) is 3.59. The Labute approximate surface area is 121 Å². The average molecular weight is 275 g/mol. The minimum absolute atomic E-state index is 0.367. The highest BCUT2D eigenvalue weighted by atomic mass is 16.5. The highest BCUT2D eigenvalue weighted by molar-refractivity contribution is 5.31. The number of hydrogen-bond acceptors (Lipinski definition) is 3. The molecule has 20 heavy (non-hydrogen) atoms. The highest BCUT2D eigenvalue weighted by Crippen LogP contribution is 2.30. The zero-order chi connectivity index (χ0) is 13.8. The Kier molecular flexibility index (Phi) is 4.58. The van der Waals surface area contributed by atoms with E-state index in [0.717, 1.165) is 25.3 Å². The number of ether oxygens (including phenoxy) is 2. The Morgan fingerprint density at radius 2 is 2.25 bits per heavy atom. The molecule has 0 aromatic heterocycles. The predicted octanol–water partition coefficient (Wildman–Crippen LogP) is 3.45. The molecule has 1 aromatic carbocycles. The molecule has 2 aliphatic rings. The van der Waals surface area contributed by atoms with Gasteiger partial charge in [-0.05, 0) is 56.3 Å². The van der Waals surface area contributed by atoms with Crippen LogP contribution in [0.15, 0.2) is 24.3 Å². The molecule has 1 aliphatic heterocycles. The Bertz CT molecular complexity index is 425. The second kappa shape index (κ2) is 6.59. The third kappa shape index (κ3) is 3.74. The van der Waals surface area contributed by atoms with Gasteiger partial charge in [0.25, 0.3) is 0 Å². The Hall–Kier alpha value is -1.06. The van der Waals surface area contributed by atoms with Crippen LogP contribution in [0.5, 0.6) is 5.75 Å². The van der Waals surface area contributed by atoms with Gasteiger partial charge in [0.15, 0.2) is 0 Å². The molecule has 1 heterocycles. The SMILES string of the molecule is CCNC(CC1CCCO1)c1cccc(OC2CC2)c1. The first kappa shape index (κ1) is 13.9. The largest absolute Gasteiger partial charge is 0.490 e. The monoisotopic (exact) mass is 275 g/mol. The van der Waals surface area contributed by atoms with Gasteiger partial charge in [-0.1, -0.05) is 19.1 Å². The fraction of sp³-hybridized carbons (Fsp3) is 0.647. The third-order valence-corrected chi connectivity index (χ3v) is 4.06. The quantitative estimate of drug-likeness (QED) is 0.827. The minimum Gasteiger partial charge on any atom is -0.490 e. The molecule has 3 heteroatoms. The molecule has 1 aromatic rings. The van der Waals surface area contributed by atoms with Gasteiger partial charge in [-0.3, -0.25) is 0 Å². The molecule has 0 bridgehead atoms. The van der Waals surface area contributed by atoms with E-state index in [9.17, 15) is 0 Å². The molecule has 0 amide bonds. The maximum atomic E-state index is 5.91. The van der Waals surface area contributed by atoms with E-state index < -0.39 is 0 Å². The third-order valence-electron chi connectivity index (χ3n) is 4.06. The lowest BCUT2D eigenvalue weighted by Gasteiger charge is -2.22. The van der Waals surface area contributed by atoms with Gasteiger partial charge in [0, 0.05) is 12.6 Å². The van der Waals surface area contributed by atoms with Crippen molar-refractivity contribution in [3.05, 3.63) is 29.8 Å². The second-order valence-corrected chi connectivity index (χ2v) is 5.87. The molecular weight excluding hydrogens is 250 g/mol. The first-order valence-corrected chi connectivity index (χ1v) is 7.96. The van der Waals surface area contributed by atoms with Crippen molar-refractivity contribution in [3.8, 4) is 5.75 Å². The smallest absolute Gasteiger partial charge is 0.120 e. The molecule has 2 fully saturated rings. The predicted molar refractivity (Wildman–Crippen MR) is 80.1 cm³/mol. The van der Waals surface area contributed by atoms with Crippen molar-refractivity contribution >= 4 is 0 Å².